The lowest BCUT2D eigenvalue weighted by Gasteiger charge is -2.24. The van der Waals surface area contributed by atoms with E-state index in [1.165, 1.54) is 26.0 Å². The maximum absolute atomic E-state index is 12.4. The lowest BCUT2D eigenvalue weighted by molar-refractivity contribution is -0.169. The lowest BCUT2D eigenvalue weighted by atomic mass is 9.98. The van der Waals surface area contributed by atoms with Gasteiger partial charge in [0.15, 0.2) is 11.5 Å². The molecule has 1 aromatic carbocycles. The third-order valence-electron chi connectivity index (χ3n) is 4.91. The highest BCUT2D eigenvalue weighted by molar-refractivity contribution is 5.77. The first kappa shape index (κ1) is 27.1. The number of carbonyl (C=O) groups is 4. The molecule has 178 valence electrons. The fourth-order valence-electron chi connectivity index (χ4n) is 2.52. The summed E-state index contributed by atoms with van der Waals surface area (Å²) in [6.45, 7) is 11.3. The molecule has 2 unspecified atom stereocenters. The van der Waals surface area contributed by atoms with Gasteiger partial charge in [-0.2, -0.15) is 0 Å². The molecule has 1 aromatic rings. The van der Waals surface area contributed by atoms with Gasteiger partial charge >= 0.3 is 23.9 Å². The second-order valence-electron chi connectivity index (χ2n) is 8.10. The van der Waals surface area contributed by atoms with Crippen LogP contribution in [0.1, 0.15) is 54.0 Å². The Morgan fingerprint density at radius 3 is 1.81 bits per heavy atom. The molecule has 0 amide bonds. The van der Waals surface area contributed by atoms with Crippen LogP contribution in [0.3, 0.4) is 0 Å². The van der Waals surface area contributed by atoms with Crippen molar-refractivity contribution in [2.24, 2.45) is 17.6 Å². The van der Waals surface area contributed by atoms with E-state index in [9.17, 15) is 19.2 Å². The Morgan fingerprint density at radius 2 is 1.31 bits per heavy atom. The van der Waals surface area contributed by atoms with Crippen LogP contribution >= 0.6 is 0 Å². The molecule has 0 aliphatic carbocycles. The van der Waals surface area contributed by atoms with Gasteiger partial charge in [-0.05, 0) is 43.9 Å². The monoisotopic (exact) mass is 451 g/mol. The zero-order valence-corrected chi connectivity index (χ0v) is 19.7. The fraction of sp³-hybridized carbons (Fsp3) is 0.565. The van der Waals surface area contributed by atoms with Crippen LogP contribution in [0, 0.1) is 11.8 Å². The van der Waals surface area contributed by atoms with E-state index in [4.69, 9.17) is 24.7 Å². The van der Waals surface area contributed by atoms with E-state index >= 15 is 0 Å². The van der Waals surface area contributed by atoms with Gasteiger partial charge in [0.1, 0.15) is 18.2 Å². The number of benzene rings is 1. The molecule has 32 heavy (non-hydrogen) atoms. The molecule has 0 heterocycles. The van der Waals surface area contributed by atoms with Crippen LogP contribution in [0.2, 0.25) is 0 Å². The van der Waals surface area contributed by atoms with Crippen LogP contribution in [0.25, 0.3) is 0 Å². The smallest absolute Gasteiger partial charge is 0.323 e. The summed E-state index contributed by atoms with van der Waals surface area (Å²) in [7, 11) is 0. The van der Waals surface area contributed by atoms with Gasteiger partial charge in [-0.1, -0.05) is 26.8 Å². The van der Waals surface area contributed by atoms with Crippen molar-refractivity contribution in [1.29, 1.82) is 0 Å². The number of esters is 4. The highest BCUT2D eigenvalue weighted by atomic mass is 16.6. The van der Waals surface area contributed by atoms with E-state index in [2.05, 4.69) is 0 Å². The summed E-state index contributed by atoms with van der Waals surface area (Å²) in [6.07, 6.45) is -1.25. The molecule has 0 radical (unpaired) electrons. The zero-order chi connectivity index (χ0) is 24.6. The summed E-state index contributed by atoms with van der Waals surface area (Å²) in [4.78, 5) is 47.1. The summed E-state index contributed by atoms with van der Waals surface area (Å²) in [5, 5.41) is 0. The molecule has 0 aromatic heterocycles. The first-order valence-corrected chi connectivity index (χ1v) is 10.5. The molecule has 0 saturated heterocycles. The Balaban J connectivity index is 2.77. The molecule has 9 heteroatoms. The standard InChI is InChI=1S/C23H33NO8/c1-12(2)13(3)22(27)29-14(4)15(5)30-23(28)19(24)10-18-8-9-20(31-16(6)25)21(11-18)32-17(7)26/h8-9,11-15,19H,10,24H2,1-7H3/t13?,14?,15-,19-/m0/s1. The van der Waals surface area contributed by atoms with Crippen molar-refractivity contribution in [3.63, 3.8) is 0 Å². The zero-order valence-electron chi connectivity index (χ0n) is 19.7. The molecule has 1 rings (SSSR count). The van der Waals surface area contributed by atoms with Gasteiger partial charge in [-0.3, -0.25) is 19.2 Å². The maximum Gasteiger partial charge on any atom is 0.323 e. The Morgan fingerprint density at radius 1 is 0.812 bits per heavy atom. The third kappa shape index (κ3) is 8.66. The van der Waals surface area contributed by atoms with Gasteiger partial charge in [0.2, 0.25) is 0 Å². The van der Waals surface area contributed by atoms with E-state index < -0.39 is 36.2 Å². The van der Waals surface area contributed by atoms with E-state index in [1.54, 1.807) is 26.8 Å². The predicted molar refractivity (Wildman–Crippen MR) is 116 cm³/mol. The highest BCUT2D eigenvalue weighted by Gasteiger charge is 2.27. The van der Waals surface area contributed by atoms with Gasteiger partial charge in [0.05, 0.1) is 5.92 Å². The van der Waals surface area contributed by atoms with Crippen LogP contribution in [0.4, 0.5) is 0 Å². The minimum atomic E-state index is -1.01. The van der Waals surface area contributed by atoms with Crippen molar-refractivity contribution in [3.05, 3.63) is 23.8 Å². The average Bonchev–Trinajstić information content (AvgIpc) is 2.68. The van der Waals surface area contributed by atoms with Gasteiger partial charge in [-0.15, -0.1) is 0 Å². The van der Waals surface area contributed by atoms with Crippen molar-refractivity contribution < 1.29 is 38.1 Å². The van der Waals surface area contributed by atoms with E-state index in [1.807, 2.05) is 13.8 Å². The van der Waals surface area contributed by atoms with Gasteiger partial charge in [0, 0.05) is 13.8 Å². The van der Waals surface area contributed by atoms with Crippen molar-refractivity contribution in [2.45, 2.75) is 73.1 Å². The molecule has 0 spiro atoms. The summed E-state index contributed by atoms with van der Waals surface area (Å²) in [5.74, 6) is -2.22. The van der Waals surface area contributed by atoms with Crippen LogP contribution < -0.4 is 15.2 Å². The van der Waals surface area contributed by atoms with Crippen LogP contribution in [0.5, 0.6) is 11.5 Å². The lowest BCUT2D eigenvalue weighted by Crippen LogP contribution is -2.40. The Bertz CT molecular complexity index is 835. The number of rotatable bonds is 10. The largest absolute Gasteiger partial charge is 0.459 e. The molecule has 0 aliphatic heterocycles. The molecule has 9 nitrogen and oxygen atoms in total. The van der Waals surface area contributed by atoms with Crippen molar-refractivity contribution in [1.82, 2.24) is 0 Å². The van der Waals surface area contributed by atoms with Crippen molar-refractivity contribution in [2.75, 3.05) is 0 Å². The quantitative estimate of drug-likeness (QED) is 0.421. The number of hydrogen-bond donors (Lipinski definition) is 1. The predicted octanol–water partition coefficient (Wildman–Crippen LogP) is 2.56. The minimum absolute atomic E-state index is 0.0407. The van der Waals surface area contributed by atoms with Crippen molar-refractivity contribution in [3.8, 4) is 11.5 Å². The summed E-state index contributed by atoms with van der Waals surface area (Å²) < 4.78 is 20.8. The summed E-state index contributed by atoms with van der Waals surface area (Å²) in [5.41, 5.74) is 6.55. The van der Waals surface area contributed by atoms with Gasteiger partial charge in [-0.25, -0.2) is 0 Å². The second kappa shape index (κ2) is 12.2. The third-order valence-corrected chi connectivity index (χ3v) is 4.91. The Labute approximate surface area is 188 Å². The van der Waals surface area contributed by atoms with E-state index in [0.29, 0.717) is 5.56 Å². The summed E-state index contributed by atoms with van der Waals surface area (Å²) >= 11 is 0. The Hall–Kier alpha value is -2.94. The molecule has 0 saturated carbocycles. The number of hydrogen-bond acceptors (Lipinski definition) is 9. The minimum Gasteiger partial charge on any atom is -0.459 e. The molecule has 2 N–H and O–H groups in total. The first-order chi connectivity index (χ1) is 14.8. The highest BCUT2D eigenvalue weighted by Crippen LogP contribution is 2.29. The van der Waals surface area contributed by atoms with Gasteiger partial charge in [0.25, 0.3) is 0 Å². The molecule has 0 aliphatic rings. The van der Waals surface area contributed by atoms with Crippen molar-refractivity contribution >= 4 is 23.9 Å². The second-order valence-corrected chi connectivity index (χ2v) is 8.10. The molecule has 4 atom stereocenters. The van der Waals surface area contributed by atoms with Crippen LogP contribution in [0.15, 0.2) is 18.2 Å². The van der Waals surface area contributed by atoms with E-state index in [-0.39, 0.29) is 35.7 Å². The molecule has 0 fully saturated rings. The SMILES string of the molecule is CC(=O)Oc1ccc(C[C@H](N)C(=O)O[C@@H](C)C(C)OC(=O)C(C)C(C)C)cc1OC(C)=O. The molecule has 0 bridgehead atoms. The van der Waals surface area contributed by atoms with Crippen LogP contribution in [-0.4, -0.2) is 42.1 Å². The van der Waals surface area contributed by atoms with Crippen LogP contribution in [-0.2, 0) is 35.1 Å². The summed E-state index contributed by atoms with van der Waals surface area (Å²) in [6, 6.07) is 3.50. The fourth-order valence-corrected chi connectivity index (χ4v) is 2.52. The van der Waals surface area contributed by atoms with Gasteiger partial charge < -0.3 is 24.7 Å². The topological polar surface area (TPSA) is 131 Å². The maximum atomic E-state index is 12.4. The number of ether oxygens (including phenoxy) is 4. The van der Waals surface area contributed by atoms with E-state index in [0.717, 1.165) is 0 Å². The molecular weight excluding hydrogens is 418 g/mol. The average molecular weight is 452 g/mol. The number of carbonyl (C=O) groups excluding carboxylic acids is 4. The first-order valence-electron chi connectivity index (χ1n) is 10.5. The molecular formula is C23H33NO8. The normalized spacial score (nSPS) is 14.7. The number of nitrogens with two attached hydrogens (primary N) is 1. The Kier molecular flexibility index (Phi) is 10.3.